The van der Waals surface area contributed by atoms with Crippen LogP contribution in [0.5, 0.6) is 0 Å². The quantitative estimate of drug-likeness (QED) is 0.506. The van der Waals surface area contributed by atoms with Gasteiger partial charge in [0.1, 0.15) is 5.94 Å². The molecule has 1 nitrogen and oxygen atoms in total. The molecule has 0 aromatic carbocycles. The molecule has 0 unspecified atom stereocenters. The standard InChI is InChI=1S/C11H18O/c1-11(2,3)10-6-4-9(8-12)5-7-10/h10H,4-7H2,1-3H3. The van der Waals surface area contributed by atoms with Gasteiger partial charge in [-0.25, -0.2) is 4.79 Å². The Hall–Kier alpha value is -0.550. The largest absolute Gasteiger partial charge is 0.234 e. The van der Waals surface area contributed by atoms with Crippen molar-refractivity contribution in [3.63, 3.8) is 0 Å². The van der Waals surface area contributed by atoms with E-state index in [-0.39, 0.29) is 0 Å². The SMILES string of the molecule is CC(C)(C)C1CCC(=C=O)CC1. The van der Waals surface area contributed by atoms with E-state index in [1.54, 1.807) is 0 Å². The van der Waals surface area contributed by atoms with Crippen LogP contribution in [0, 0.1) is 11.3 Å². The summed E-state index contributed by atoms with van der Waals surface area (Å²) in [4.78, 5) is 10.4. The number of rotatable bonds is 0. The monoisotopic (exact) mass is 166 g/mol. The molecule has 0 bridgehead atoms. The molecule has 1 fully saturated rings. The van der Waals surface area contributed by atoms with E-state index in [1.165, 1.54) is 12.8 Å². The lowest BCUT2D eigenvalue weighted by molar-refractivity contribution is 0.198. The summed E-state index contributed by atoms with van der Waals surface area (Å²) >= 11 is 0. The first-order valence-corrected chi connectivity index (χ1v) is 4.77. The molecular weight excluding hydrogens is 148 g/mol. The van der Waals surface area contributed by atoms with Gasteiger partial charge in [-0.2, -0.15) is 0 Å². The van der Waals surface area contributed by atoms with Crippen LogP contribution >= 0.6 is 0 Å². The molecule has 68 valence electrons. The molecule has 0 saturated heterocycles. The van der Waals surface area contributed by atoms with Gasteiger partial charge in [-0.1, -0.05) is 20.8 Å². The summed E-state index contributed by atoms with van der Waals surface area (Å²) in [5.41, 5.74) is 1.41. The fourth-order valence-electron chi connectivity index (χ4n) is 1.93. The summed E-state index contributed by atoms with van der Waals surface area (Å²) in [6, 6.07) is 0. The number of hydrogen-bond acceptors (Lipinski definition) is 1. The minimum atomic E-state index is 0.411. The maximum absolute atomic E-state index is 10.4. The lowest BCUT2D eigenvalue weighted by atomic mass is 9.71. The van der Waals surface area contributed by atoms with Crippen molar-refractivity contribution < 1.29 is 4.79 Å². The highest BCUT2D eigenvalue weighted by atomic mass is 16.1. The van der Waals surface area contributed by atoms with Crippen molar-refractivity contribution >= 4 is 5.94 Å². The predicted octanol–water partition coefficient (Wildman–Crippen LogP) is 2.98. The second kappa shape index (κ2) is 3.45. The van der Waals surface area contributed by atoms with Crippen LogP contribution in [0.25, 0.3) is 0 Å². The lowest BCUT2D eigenvalue weighted by Gasteiger charge is -2.33. The van der Waals surface area contributed by atoms with Crippen molar-refractivity contribution in [1.29, 1.82) is 0 Å². The molecule has 0 atom stereocenters. The van der Waals surface area contributed by atoms with E-state index < -0.39 is 0 Å². The zero-order valence-corrected chi connectivity index (χ0v) is 8.31. The Balaban J connectivity index is 2.52. The Labute approximate surface area is 74.9 Å². The molecule has 0 N–H and O–H groups in total. The molecule has 0 radical (unpaired) electrons. The second-order valence-electron chi connectivity index (χ2n) is 4.85. The van der Waals surface area contributed by atoms with E-state index in [4.69, 9.17) is 0 Å². The summed E-state index contributed by atoms with van der Waals surface area (Å²) in [6.07, 6.45) is 4.30. The van der Waals surface area contributed by atoms with Crippen molar-refractivity contribution in [1.82, 2.24) is 0 Å². The Morgan fingerprint density at radius 3 is 2.08 bits per heavy atom. The molecule has 0 aromatic rings. The maximum atomic E-state index is 10.4. The van der Waals surface area contributed by atoms with Gasteiger partial charge in [0.2, 0.25) is 0 Å². The Morgan fingerprint density at radius 1 is 1.25 bits per heavy atom. The molecule has 0 spiro atoms. The third-order valence-corrected chi connectivity index (χ3v) is 2.96. The molecule has 0 amide bonds. The summed E-state index contributed by atoms with van der Waals surface area (Å²) in [6.45, 7) is 6.86. The van der Waals surface area contributed by atoms with E-state index in [0.29, 0.717) is 5.41 Å². The molecule has 1 heteroatoms. The average molecular weight is 166 g/mol. The van der Waals surface area contributed by atoms with Crippen LogP contribution in [0.1, 0.15) is 46.5 Å². The molecular formula is C11H18O. The Morgan fingerprint density at radius 2 is 1.75 bits per heavy atom. The molecule has 1 rings (SSSR count). The molecule has 12 heavy (non-hydrogen) atoms. The van der Waals surface area contributed by atoms with Gasteiger partial charge in [0.25, 0.3) is 0 Å². The number of allylic oxidation sites excluding steroid dienone is 1. The van der Waals surface area contributed by atoms with Crippen LogP contribution in [0.2, 0.25) is 0 Å². The highest BCUT2D eigenvalue weighted by Crippen LogP contribution is 2.38. The fraction of sp³-hybridized carbons (Fsp3) is 0.818. The minimum absolute atomic E-state index is 0.411. The first kappa shape index (κ1) is 9.54. The van der Waals surface area contributed by atoms with Crippen LogP contribution < -0.4 is 0 Å². The highest BCUT2D eigenvalue weighted by molar-refractivity contribution is 5.52. The summed E-state index contributed by atoms with van der Waals surface area (Å²) < 4.78 is 0. The highest BCUT2D eigenvalue weighted by Gasteiger charge is 2.27. The predicted molar refractivity (Wildman–Crippen MR) is 50.6 cm³/mol. The van der Waals surface area contributed by atoms with Gasteiger partial charge in [0.05, 0.1) is 0 Å². The van der Waals surface area contributed by atoms with E-state index in [1.807, 2.05) is 5.94 Å². The van der Waals surface area contributed by atoms with Gasteiger partial charge in [0.15, 0.2) is 0 Å². The van der Waals surface area contributed by atoms with Crippen molar-refractivity contribution in [2.24, 2.45) is 11.3 Å². The molecule has 0 heterocycles. The van der Waals surface area contributed by atoms with Crippen molar-refractivity contribution in [2.75, 3.05) is 0 Å². The van der Waals surface area contributed by atoms with Gasteiger partial charge < -0.3 is 0 Å². The Kier molecular flexibility index (Phi) is 2.74. The normalized spacial score (nSPS) is 25.2. The number of hydrogen-bond donors (Lipinski definition) is 0. The third-order valence-electron chi connectivity index (χ3n) is 2.96. The van der Waals surface area contributed by atoms with Crippen LogP contribution in [0.3, 0.4) is 0 Å². The smallest absolute Gasteiger partial charge is 0.123 e. The van der Waals surface area contributed by atoms with E-state index in [2.05, 4.69) is 20.8 Å². The minimum Gasteiger partial charge on any atom is -0.234 e. The van der Waals surface area contributed by atoms with Crippen LogP contribution in [-0.4, -0.2) is 5.94 Å². The summed E-state index contributed by atoms with van der Waals surface area (Å²) in [7, 11) is 0. The van der Waals surface area contributed by atoms with Crippen molar-refractivity contribution in [3.8, 4) is 0 Å². The molecule has 1 saturated carbocycles. The molecule has 0 aliphatic heterocycles. The molecule has 0 aromatic heterocycles. The zero-order chi connectivity index (χ0) is 9.19. The first-order chi connectivity index (χ1) is 5.54. The number of carbonyl (C=O) groups excluding carboxylic acids is 1. The summed E-state index contributed by atoms with van der Waals surface area (Å²) in [5.74, 6) is 2.83. The fourth-order valence-corrected chi connectivity index (χ4v) is 1.93. The van der Waals surface area contributed by atoms with Gasteiger partial charge in [-0.3, -0.25) is 0 Å². The Bertz CT molecular complexity index is 194. The first-order valence-electron chi connectivity index (χ1n) is 4.77. The second-order valence-corrected chi connectivity index (χ2v) is 4.85. The lowest BCUT2D eigenvalue weighted by Crippen LogP contribution is -2.23. The van der Waals surface area contributed by atoms with Gasteiger partial charge in [-0.05, 0) is 37.0 Å². The molecule has 1 aliphatic rings. The van der Waals surface area contributed by atoms with Crippen LogP contribution in [0.4, 0.5) is 0 Å². The zero-order valence-electron chi connectivity index (χ0n) is 8.31. The van der Waals surface area contributed by atoms with Gasteiger partial charge >= 0.3 is 0 Å². The van der Waals surface area contributed by atoms with E-state index >= 15 is 0 Å². The third kappa shape index (κ3) is 2.22. The van der Waals surface area contributed by atoms with Crippen LogP contribution in [0.15, 0.2) is 5.57 Å². The average Bonchev–Trinajstić information content (AvgIpc) is 2.03. The van der Waals surface area contributed by atoms with E-state index in [0.717, 1.165) is 24.3 Å². The van der Waals surface area contributed by atoms with Gasteiger partial charge in [0, 0.05) is 5.57 Å². The van der Waals surface area contributed by atoms with Crippen LogP contribution in [-0.2, 0) is 4.79 Å². The molecule has 1 aliphatic carbocycles. The van der Waals surface area contributed by atoms with Crippen molar-refractivity contribution in [3.05, 3.63) is 5.57 Å². The van der Waals surface area contributed by atoms with E-state index in [9.17, 15) is 4.79 Å². The van der Waals surface area contributed by atoms with Crippen molar-refractivity contribution in [2.45, 2.75) is 46.5 Å². The van der Waals surface area contributed by atoms with Gasteiger partial charge in [-0.15, -0.1) is 0 Å². The summed E-state index contributed by atoms with van der Waals surface area (Å²) in [5, 5.41) is 0. The topological polar surface area (TPSA) is 17.1 Å². The maximum Gasteiger partial charge on any atom is 0.123 e.